The Labute approximate surface area is 168 Å². The SMILES string of the molecule is CC(C)n1ncc2cc(NC(=O)C3c4ccccc4Oc4ccccc43)cnc21. The molecule has 0 spiro atoms. The molecule has 0 aliphatic carbocycles. The molecule has 0 saturated carbocycles. The van der Waals surface area contributed by atoms with Crippen LogP contribution in [0.15, 0.2) is 67.0 Å². The largest absolute Gasteiger partial charge is 0.457 e. The number of carbonyl (C=O) groups is 1. The van der Waals surface area contributed by atoms with Crippen LogP contribution >= 0.6 is 0 Å². The van der Waals surface area contributed by atoms with Crippen LogP contribution in [0.3, 0.4) is 0 Å². The third-order valence-electron chi connectivity index (χ3n) is 5.13. The van der Waals surface area contributed by atoms with Crippen LogP contribution < -0.4 is 10.1 Å². The number of anilines is 1. The predicted molar refractivity (Wildman–Crippen MR) is 111 cm³/mol. The van der Waals surface area contributed by atoms with Crippen LogP contribution in [0.5, 0.6) is 11.5 Å². The Kier molecular flexibility index (Phi) is 4.05. The molecule has 0 fully saturated rings. The second-order valence-corrected chi connectivity index (χ2v) is 7.42. The van der Waals surface area contributed by atoms with Gasteiger partial charge in [-0.1, -0.05) is 36.4 Å². The van der Waals surface area contributed by atoms with E-state index in [2.05, 4.69) is 29.2 Å². The first-order chi connectivity index (χ1) is 14.1. The highest BCUT2D eigenvalue weighted by Gasteiger charge is 2.32. The van der Waals surface area contributed by atoms with E-state index in [0.717, 1.165) is 22.2 Å². The fourth-order valence-electron chi connectivity index (χ4n) is 3.79. The molecule has 1 N–H and O–H groups in total. The number of pyridine rings is 1. The first-order valence-electron chi connectivity index (χ1n) is 9.61. The van der Waals surface area contributed by atoms with Gasteiger partial charge in [-0.25, -0.2) is 9.67 Å². The smallest absolute Gasteiger partial charge is 0.236 e. The molecule has 1 aliphatic heterocycles. The normalized spacial score (nSPS) is 13.1. The Morgan fingerprint density at radius 3 is 2.34 bits per heavy atom. The minimum Gasteiger partial charge on any atom is -0.457 e. The molecule has 0 bridgehead atoms. The van der Waals surface area contributed by atoms with Crippen molar-refractivity contribution in [2.45, 2.75) is 25.8 Å². The number of fused-ring (bicyclic) bond motifs is 3. The Morgan fingerprint density at radius 2 is 1.69 bits per heavy atom. The fraction of sp³-hybridized carbons (Fsp3) is 0.174. The van der Waals surface area contributed by atoms with Gasteiger partial charge < -0.3 is 10.1 Å². The van der Waals surface area contributed by atoms with Crippen LogP contribution in [0.2, 0.25) is 0 Å². The van der Waals surface area contributed by atoms with Crippen LogP contribution in [-0.2, 0) is 4.79 Å². The maximum absolute atomic E-state index is 13.3. The number of amides is 1. The van der Waals surface area contributed by atoms with E-state index in [4.69, 9.17) is 4.74 Å². The molecule has 144 valence electrons. The van der Waals surface area contributed by atoms with Gasteiger partial charge in [0, 0.05) is 22.6 Å². The van der Waals surface area contributed by atoms with Gasteiger partial charge in [-0.15, -0.1) is 0 Å². The number of nitrogens with one attached hydrogen (secondary N) is 1. The van der Waals surface area contributed by atoms with Crippen molar-refractivity contribution < 1.29 is 9.53 Å². The zero-order valence-electron chi connectivity index (χ0n) is 16.2. The third kappa shape index (κ3) is 2.93. The number of hydrogen-bond acceptors (Lipinski definition) is 4. The van der Waals surface area contributed by atoms with Crippen molar-refractivity contribution in [3.05, 3.63) is 78.1 Å². The summed E-state index contributed by atoms with van der Waals surface area (Å²) in [5.41, 5.74) is 3.16. The topological polar surface area (TPSA) is 69.0 Å². The van der Waals surface area contributed by atoms with Gasteiger partial charge in [0.15, 0.2) is 5.65 Å². The Morgan fingerprint density at radius 1 is 1.03 bits per heavy atom. The summed E-state index contributed by atoms with van der Waals surface area (Å²) in [6, 6.07) is 17.4. The lowest BCUT2D eigenvalue weighted by molar-refractivity contribution is -0.116. The molecule has 0 saturated heterocycles. The zero-order valence-corrected chi connectivity index (χ0v) is 16.2. The highest BCUT2D eigenvalue weighted by atomic mass is 16.5. The van der Waals surface area contributed by atoms with Crippen molar-refractivity contribution >= 4 is 22.6 Å². The molecule has 1 aliphatic rings. The second-order valence-electron chi connectivity index (χ2n) is 7.42. The number of nitrogens with zero attached hydrogens (tertiary/aromatic N) is 3. The maximum atomic E-state index is 13.3. The van der Waals surface area contributed by atoms with Crippen molar-refractivity contribution in [2.75, 3.05) is 5.32 Å². The van der Waals surface area contributed by atoms with Crippen molar-refractivity contribution in [1.29, 1.82) is 0 Å². The van der Waals surface area contributed by atoms with Crippen molar-refractivity contribution in [1.82, 2.24) is 14.8 Å². The van der Waals surface area contributed by atoms with Gasteiger partial charge in [-0.2, -0.15) is 5.10 Å². The monoisotopic (exact) mass is 384 g/mol. The molecule has 2 aromatic carbocycles. The summed E-state index contributed by atoms with van der Waals surface area (Å²) >= 11 is 0. The molecule has 5 rings (SSSR count). The molecule has 1 amide bonds. The van der Waals surface area contributed by atoms with E-state index < -0.39 is 5.92 Å². The maximum Gasteiger partial charge on any atom is 0.236 e. The minimum atomic E-state index is -0.453. The number of rotatable bonds is 3. The van der Waals surface area contributed by atoms with Crippen LogP contribution in [0.25, 0.3) is 11.0 Å². The molecule has 6 nitrogen and oxygen atoms in total. The number of para-hydroxylation sites is 2. The lowest BCUT2D eigenvalue weighted by atomic mass is 9.87. The van der Waals surface area contributed by atoms with Gasteiger partial charge in [0.2, 0.25) is 5.91 Å². The summed E-state index contributed by atoms with van der Waals surface area (Å²) in [4.78, 5) is 17.8. The molecule has 29 heavy (non-hydrogen) atoms. The standard InChI is InChI=1S/C23H20N4O2/c1-14(2)27-22-15(12-25-27)11-16(13-24-22)26-23(28)21-17-7-3-5-9-19(17)29-20-10-6-4-8-18(20)21/h3-14,21H,1-2H3,(H,26,28). The van der Waals surface area contributed by atoms with Gasteiger partial charge in [0.05, 0.1) is 24.0 Å². The van der Waals surface area contributed by atoms with Gasteiger partial charge in [-0.3, -0.25) is 4.79 Å². The van der Waals surface area contributed by atoms with Gasteiger partial charge >= 0.3 is 0 Å². The summed E-state index contributed by atoms with van der Waals surface area (Å²) in [5, 5.41) is 8.31. The minimum absolute atomic E-state index is 0.120. The van der Waals surface area contributed by atoms with Crippen LogP contribution in [0.1, 0.15) is 36.9 Å². The average Bonchev–Trinajstić information content (AvgIpc) is 3.15. The van der Waals surface area contributed by atoms with Crippen LogP contribution in [-0.4, -0.2) is 20.7 Å². The highest BCUT2D eigenvalue weighted by molar-refractivity contribution is 6.00. The first kappa shape index (κ1) is 17.4. The van der Waals surface area contributed by atoms with Gasteiger partial charge in [-0.05, 0) is 32.0 Å². The summed E-state index contributed by atoms with van der Waals surface area (Å²) < 4.78 is 7.85. The van der Waals surface area contributed by atoms with E-state index in [1.54, 1.807) is 12.4 Å². The number of hydrogen-bond donors (Lipinski definition) is 1. The first-order valence-corrected chi connectivity index (χ1v) is 9.61. The molecule has 6 heteroatoms. The van der Waals surface area contributed by atoms with E-state index in [9.17, 15) is 4.79 Å². The third-order valence-corrected chi connectivity index (χ3v) is 5.13. The van der Waals surface area contributed by atoms with Crippen LogP contribution in [0, 0.1) is 0 Å². The fourth-order valence-corrected chi connectivity index (χ4v) is 3.79. The van der Waals surface area contributed by atoms with E-state index in [0.29, 0.717) is 17.2 Å². The van der Waals surface area contributed by atoms with E-state index >= 15 is 0 Å². The molecule has 0 unspecified atom stereocenters. The van der Waals surface area contributed by atoms with E-state index in [1.165, 1.54) is 0 Å². The van der Waals surface area contributed by atoms with Crippen LogP contribution in [0.4, 0.5) is 5.69 Å². The summed E-state index contributed by atoms with van der Waals surface area (Å²) in [7, 11) is 0. The summed E-state index contributed by atoms with van der Waals surface area (Å²) in [6.45, 7) is 4.12. The van der Waals surface area contributed by atoms with E-state index in [-0.39, 0.29) is 11.9 Å². The second kappa shape index (κ2) is 6.74. The molecule has 0 radical (unpaired) electrons. The Bertz CT molecular complexity index is 1180. The Hall–Kier alpha value is -3.67. The molecule has 4 aromatic rings. The summed E-state index contributed by atoms with van der Waals surface area (Å²) in [6.07, 6.45) is 3.45. The lowest BCUT2D eigenvalue weighted by Gasteiger charge is -2.27. The summed E-state index contributed by atoms with van der Waals surface area (Å²) in [5.74, 6) is 0.840. The quantitative estimate of drug-likeness (QED) is 0.546. The number of ether oxygens (including phenoxy) is 1. The molecular weight excluding hydrogens is 364 g/mol. The molecule has 0 atom stereocenters. The lowest BCUT2D eigenvalue weighted by Crippen LogP contribution is -2.25. The number of aromatic nitrogens is 3. The van der Waals surface area contributed by atoms with Gasteiger partial charge in [0.1, 0.15) is 11.5 Å². The zero-order chi connectivity index (χ0) is 20.0. The molecule has 3 heterocycles. The highest BCUT2D eigenvalue weighted by Crippen LogP contribution is 2.44. The average molecular weight is 384 g/mol. The van der Waals surface area contributed by atoms with Crippen molar-refractivity contribution in [3.8, 4) is 11.5 Å². The molecule has 2 aromatic heterocycles. The van der Waals surface area contributed by atoms with Crippen molar-refractivity contribution in [2.24, 2.45) is 0 Å². The Balaban J connectivity index is 1.51. The van der Waals surface area contributed by atoms with Gasteiger partial charge in [0.25, 0.3) is 0 Å². The number of carbonyl (C=O) groups excluding carboxylic acids is 1. The molecular formula is C23H20N4O2. The van der Waals surface area contributed by atoms with E-state index in [1.807, 2.05) is 59.3 Å². The van der Waals surface area contributed by atoms with Crippen molar-refractivity contribution in [3.63, 3.8) is 0 Å². The number of benzene rings is 2. The predicted octanol–water partition coefficient (Wildman–Crippen LogP) is 4.89.